The molecular weight excluding hydrogens is 224 g/mol. The Hall–Kier alpha value is -1.52. The normalized spacial score (nSPS) is 12.9. The quantitative estimate of drug-likeness (QED) is 0.608. The molecular formula is C11H10F4O. The summed E-state index contributed by atoms with van der Waals surface area (Å²) in [5.74, 6) is -0.952. The average Bonchev–Trinajstić information content (AvgIpc) is 2.12. The van der Waals surface area contributed by atoms with E-state index < -0.39 is 17.6 Å². The van der Waals surface area contributed by atoms with Crippen LogP contribution in [-0.4, -0.2) is 5.11 Å². The molecule has 5 heteroatoms. The van der Waals surface area contributed by atoms with E-state index in [1.165, 1.54) is 13.0 Å². The first kappa shape index (κ1) is 12.5. The van der Waals surface area contributed by atoms with Crippen LogP contribution in [0.25, 0.3) is 0 Å². The van der Waals surface area contributed by atoms with Gasteiger partial charge >= 0.3 is 6.18 Å². The van der Waals surface area contributed by atoms with Crippen LogP contribution in [0.1, 0.15) is 18.1 Å². The van der Waals surface area contributed by atoms with Gasteiger partial charge in [-0.25, -0.2) is 4.39 Å². The highest BCUT2D eigenvalue weighted by molar-refractivity contribution is 5.28. The maximum absolute atomic E-state index is 12.9. The Bertz CT molecular complexity index is 403. The third-order valence-corrected chi connectivity index (χ3v) is 1.92. The molecule has 1 aromatic carbocycles. The lowest BCUT2D eigenvalue weighted by Gasteiger charge is -2.08. The number of alkyl halides is 3. The molecule has 0 atom stereocenters. The molecule has 1 nitrogen and oxygen atoms in total. The molecule has 88 valence electrons. The van der Waals surface area contributed by atoms with Crippen LogP contribution in [0.15, 0.2) is 30.0 Å². The minimum absolute atomic E-state index is 0.0159. The fourth-order valence-corrected chi connectivity index (χ4v) is 1.20. The molecule has 0 amide bonds. The van der Waals surface area contributed by atoms with E-state index in [0.29, 0.717) is 6.07 Å². The molecule has 1 rings (SSSR count). The predicted molar refractivity (Wildman–Crippen MR) is 51.5 cm³/mol. The molecule has 0 saturated heterocycles. The van der Waals surface area contributed by atoms with Gasteiger partial charge in [0, 0.05) is 0 Å². The molecule has 0 bridgehead atoms. The Morgan fingerprint density at radius 3 is 2.44 bits per heavy atom. The zero-order valence-corrected chi connectivity index (χ0v) is 8.48. The molecule has 0 fully saturated rings. The molecule has 0 unspecified atom stereocenters. The second kappa shape index (κ2) is 4.55. The number of aliphatic hydroxyl groups excluding tert-OH is 1. The fraction of sp³-hybridized carbons (Fsp3) is 0.273. The lowest BCUT2D eigenvalue weighted by atomic mass is 10.1. The Labute approximate surface area is 90.0 Å². The summed E-state index contributed by atoms with van der Waals surface area (Å²) in [7, 11) is 0. The Balaban J connectivity index is 3.04. The van der Waals surface area contributed by atoms with Gasteiger partial charge in [0.1, 0.15) is 5.82 Å². The van der Waals surface area contributed by atoms with E-state index in [2.05, 4.69) is 0 Å². The van der Waals surface area contributed by atoms with Crippen molar-refractivity contribution in [2.45, 2.75) is 19.5 Å². The summed E-state index contributed by atoms with van der Waals surface area (Å²) in [5.41, 5.74) is -0.854. The van der Waals surface area contributed by atoms with Crippen LogP contribution in [0.2, 0.25) is 0 Å². The second-order valence-corrected chi connectivity index (χ2v) is 3.40. The fourth-order valence-electron chi connectivity index (χ4n) is 1.20. The van der Waals surface area contributed by atoms with Crippen LogP contribution in [0.3, 0.4) is 0 Å². The molecule has 0 aliphatic carbocycles. The lowest BCUT2D eigenvalue weighted by molar-refractivity contribution is -0.137. The molecule has 1 N–H and O–H groups in total. The summed E-state index contributed by atoms with van der Waals surface area (Å²) in [6.07, 6.45) is -3.19. The first-order valence-corrected chi connectivity index (χ1v) is 4.51. The lowest BCUT2D eigenvalue weighted by Crippen LogP contribution is -2.06. The summed E-state index contributed by atoms with van der Waals surface area (Å²) >= 11 is 0. The third kappa shape index (κ3) is 3.56. The number of rotatable bonds is 2. The van der Waals surface area contributed by atoms with E-state index in [9.17, 15) is 17.6 Å². The predicted octanol–water partition coefficient (Wildman–Crippen LogP) is 3.85. The van der Waals surface area contributed by atoms with Gasteiger partial charge in [-0.3, -0.25) is 0 Å². The van der Waals surface area contributed by atoms with Crippen LogP contribution in [-0.2, 0) is 12.6 Å². The van der Waals surface area contributed by atoms with Crippen molar-refractivity contribution in [1.29, 1.82) is 0 Å². The van der Waals surface area contributed by atoms with E-state index in [4.69, 9.17) is 5.11 Å². The molecule has 0 aliphatic rings. The molecule has 1 aromatic rings. The van der Waals surface area contributed by atoms with Gasteiger partial charge in [-0.1, -0.05) is 0 Å². The van der Waals surface area contributed by atoms with E-state index in [0.717, 1.165) is 12.1 Å². The van der Waals surface area contributed by atoms with Crippen molar-refractivity contribution in [3.63, 3.8) is 0 Å². The zero-order valence-electron chi connectivity index (χ0n) is 8.48. The van der Waals surface area contributed by atoms with Gasteiger partial charge in [-0.2, -0.15) is 13.2 Å². The van der Waals surface area contributed by atoms with Crippen LogP contribution in [0, 0.1) is 5.82 Å². The molecule has 0 heterocycles. The van der Waals surface area contributed by atoms with Gasteiger partial charge in [0.2, 0.25) is 0 Å². The van der Waals surface area contributed by atoms with Gasteiger partial charge in [-0.05, 0) is 43.2 Å². The molecule has 16 heavy (non-hydrogen) atoms. The number of allylic oxidation sites excluding steroid dienone is 2. The van der Waals surface area contributed by atoms with E-state index in [1.54, 1.807) is 0 Å². The Morgan fingerprint density at radius 2 is 1.94 bits per heavy atom. The van der Waals surface area contributed by atoms with Gasteiger partial charge in [0.05, 0.1) is 11.3 Å². The topological polar surface area (TPSA) is 20.2 Å². The molecule has 0 radical (unpaired) electrons. The van der Waals surface area contributed by atoms with E-state index >= 15 is 0 Å². The smallest absolute Gasteiger partial charge is 0.416 e. The van der Waals surface area contributed by atoms with Crippen molar-refractivity contribution in [2.24, 2.45) is 0 Å². The summed E-state index contributed by atoms with van der Waals surface area (Å²) in [6.45, 7) is 1.39. The summed E-state index contributed by atoms with van der Waals surface area (Å²) in [4.78, 5) is 0. The maximum atomic E-state index is 12.9. The van der Waals surface area contributed by atoms with Crippen molar-refractivity contribution in [1.82, 2.24) is 0 Å². The monoisotopic (exact) mass is 234 g/mol. The minimum atomic E-state index is -4.56. The third-order valence-electron chi connectivity index (χ3n) is 1.92. The summed E-state index contributed by atoms with van der Waals surface area (Å²) in [5, 5.41) is 8.86. The average molecular weight is 234 g/mol. The van der Waals surface area contributed by atoms with Crippen LogP contribution in [0.5, 0.6) is 0 Å². The highest BCUT2D eigenvalue weighted by Crippen LogP contribution is 2.30. The Kier molecular flexibility index (Phi) is 3.57. The molecule has 0 saturated carbocycles. The Morgan fingerprint density at radius 1 is 1.31 bits per heavy atom. The second-order valence-electron chi connectivity index (χ2n) is 3.40. The van der Waals surface area contributed by atoms with Crippen molar-refractivity contribution in [3.8, 4) is 0 Å². The summed E-state index contributed by atoms with van der Waals surface area (Å²) < 4.78 is 49.8. The van der Waals surface area contributed by atoms with E-state index in [-0.39, 0.29) is 17.7 Å². The van der Waals surface area contributed by atoms with Crippen LogP contribution in [0.4, 0.5) is 17.6 Å². The van der Waals surface area contributed by atoms with Crippen LogP contribution >= 0.6 is 0 Å². The van der Waals surface area contributed by atoms with Crippen molar-refractivity contribution >= 4 is 0 Å². The number of benzene rings is 1. The zero-order chi connectivity index (χ0) is 12.3. The molecule has 0 aliphatic heterocycles. The SMILES string of the molecule is C/C(O)=C\Cc1cc(F)cc(C(F)(F)F)c1. The number of hydrogen-bond acceptors (Lipinski definition) is 1. The van der Waals surface area contributed by atoms with Crippen molar-refractivity contribution < 1.29 is 22.7 Å². The van der Waals surface area contributed by atoms with E-state index in [1.807, 2.05) is 0 Å². The highest BCUT2D eigenvalue weighted by atomic mass is 19.4. The highest BCUT2D eigenvalue weighted by Gasteiger charge is 2.31. The minimum Gasteiger partial charge on any atom is -0.513 e. The summed E-state index contributed by atoms with van der Waals surface area (Å²) in [6, 6.07) is 2.32. The number of aliphatic hydroxyl groups is 1. The van der Waals surface area contributed by atoms with Crippen LogP contribution < -0.4 is 0 Å². The number of hydrogen-bond donors (Lipinski definition) is 1. The largest absolute Gasteiger partial charge is 0.513 e. The number of halogens is 4. The van der Waals surface area contributed by atoms with Crippen molar-refractivity contribution in [2.75, 3.05) is 0 Å². The maximum Gasteiger partial charge on any atom is 0.416 e. The first-order valence-electron chi connectivity index (χ1n) is 4.51. The first-order chi connectivity index (χ1) is 7.29. The van der Waals surface area contributed by atoms with Gasteiger partial charge in [0.25, 0.3) is 0 Å². The van der Waals surface area contributed by atoms with Gasteiger partial charge < -0.3 is 5.11 Å². The molecule has 0 aromatic heterocycles. The standard InChI is InChI=1S/C11H10F4O/c1-7(16)2-3-8-4-9(11(13,14)15)6-10(12)5-8/h2,4-6,16H,3H2,1H3/b7-2+. The van der Waals surface area contributed by atoms with Gasteiger partial charge in [0.15, 0.2) is 0 Å². The molecule has 0 spiro atoms. The van der Waals surface area contributed by atoms with Crippen molar-refractivity contribution in [3.05, 3.63) is 47.0 Å². The van der Waals surface area contributed by atoms with Gasteiger partial charge in [-0.15, -0.1) is 0 Å².